The van der Waals surface area contributed by atoms with Gasteiger partial charge in [0.25, 0.3) is 0 Å². The lowest BCUT2D eigenvalue weighted by Gasteiger charge is -2.27. The smallest absolute Gasteiger partial charge is 0.371 e. The van der Waals surface area contributed by atoms with Gasteiger partial charge in [-0.25, -0.2) is 0 Å². The zero-order chi connectivity index (χ0) is 22.5. The second-order valence-corrected chi connectivity index (χ2v) is 9.81. The zero-order valence-corrected chi connectivity index (χ0v) is 18.6. The van der Waals surface area contributed by atoms with Gasteiger partial charge < -0.3 is 4.74 Å². The Balaban J connectivity index is 1.54. The fourth-order valence-electron chi connectivity index (χ4n) is 7.25. The highest BCUT2D eigenvalue weighted by Gasteiger charge is 2.67. The molecular formula is C31H17N3O+2. The highest BCUT2D eigenvalue weighted by molar-refractivity contribution is 6.20. The van der Waals surface area contributed by atoms with Gasteiger partial charge in [0.15, 0.2) is 6.20 Å². The van der Waals surface area contributed by atoms with Crippen LogP contribution in [0.4, 0.5) is 0 Å². The number of rotatable bonds is 0. The van der Waals surface area contributed by atoms with Crippen LogP contribution in [0.1, 0.15) is 11.1 Å². The van der Waals surface area contributed by atoms with Crippen LogP contribution in [0, 0.1) is 0 Å². The normalized spacial score (nSPS) is 18.1. The molecule has 3 aliphatic rings. The van der Waals surface area contributed by atoms with Crippen LogP contribution in [0.15, 0.2) is 104 Å². The number of fused-ring (bicyclic) bond motifs is 7. The van der Waals surface area contributed by atoms with E-state index in [4.69, 9.17) is 4.74 Å². The second kappa shape index (κ2) is 5.18. The Morgan fingerprint density at radius 2 is 1.54 bits per heavy atom. The van der Waals surface area contributed by atoms with Crippen LogP contribution in [0.3, 0.4) is 0 Å². The molecule has 160 valence electrons. The summed E-state index contributed by atoms with van der Waals surface area (Å²) < 4.78 is 14.0. The molecule has 4 heteroatoms. The summed E-state index contributed by atoms with van der Waals surface area (Å²) in [6, 6.07) is 30.6. The summed E-state index contributed by atoms with van der Waals surface area (Å²) in [5.41, 5.74) is 6.90. The van der Waals surface area contributed by atoms with Crippen LogP contribution in [0.25, 0.3) is 49.4 Å². The summed E-state index contributed by atoms with van der Waals surface area (Å²) in [6.07, 6.45) is 6.73. The third-order valence-electron chi connectivity index (χ3n) is 8.42. The molecule has 10 rings (SSSR count). The zero-order valence-electron chi connectivity index (χ0n) is 18.6. The van der Waals surface area contributed by atoms with E-state index in [0.29, 0.717) is 0 Å². The predicted octanol–water partition coefficient (Wildman–Crippen LogP) is 5.67. The molecular weight excluding hydrogens is 430 g/mol. The average Bonchev–Trinajstić information content (AvgIpc) is 3.57. The molecule has 0 saturated carbocycles. The minimum atomic E-state index is -0.500. The van der Waals surface area contributed by atoms with E-state index >= 15 is 0 Å². The Kier molecular flexibility index (Phi) is 2.49. The molecule has 1 spiro atoms. The maximum Gasteiger partial charge on any atom is 0.371 e. The van der Waals surface area contributed by atoms with Crippen LogP contribution in [0.5, 0.6) is 11.5 Å². The van der Waals surface area contributed by atoms with Crippen LogP contribution < -0.4 is 13.9 Å². The van der Waals surface area contributed by atoms with Gasteiger partial charge in [-0.1, -0.05) is 36.4 Å². The number of hydrogen-bond donors (Lipinski definition) is 0. The van der Waals surface area contributed by atoms with Crippen LogP contribution in [0.2, 0.25) is 0 Å². The fraction of sp³-hybridized carbons (Fsp3) is 0.0323. The number of nitrogens with zero attached hydrogens (tertiary/aromatic N) is 3. The average molecular weight is 447 g/mol. The number of benzene rings is 4. The highest BCUT2D eigenvalue weighted by atomic mass is 16.5. The van der Waals surface area contributed by atoms with Crippen molar-refractivity contribution in [1.29, 1.82) is 0 Å². The molecule has 3 aliphatic heterocycles. The van der Waals surface area contributed by atoms with E-state index in [1.807, 2.05) is 0 Å². The Hall–Kier alpha value is -4.70. The lowest BCUT2D eigenvalue weighted by molar-refractivity contribution is -0.950. The Bertz CT molecular complexity index is 2160. The topological polar surface area (TPSA) is 21.4 Å². The molecule has 0 saturated heterocycles. The summed E-state index contributed by atoms with van der Waals surface area (Å²) in [6.45, 7) is 0. The van der Waals surface area contributed by atoms with Gasteiger partial charge in [0.05, 0.1) is 10.9 Å². The van der Waals surface area contributed by atoms with Gasteiger partial charge in [0, 0.05) is 28.3 Å². The first kappa shape index (κ1) is 16.8. The predicted molar refractivity (Wildman–Crippen MR) is 134 cm³/mol. The minimum absolute atomic E-state index is 0.500. The van der Waals surface area contributed by atoms with Gasteiger partial charge in [-0.3, -0.25) is 0 Å². The van der Waals surface area contributed by atoms with E-state index in [1.54, 1.807) is 0 Å². The van der Waals surface area contributed by atoms with Gasteiger partial charge >= 0.3 is 11.3 Å². The van der Waals surface area contributed by atoms with E-state index in [1.165, 1.54) is 60.5 Å². The maximum absolute atomic E-state index is 6.63. The third kappa shape index (κ3) is 1.56. The van der Waals surface area contributed by atoms with Gasteiger partial charge in [0.1, 0.15) is 40.5 Å². The first-order valence-electron chi connectivity index (χ1n) is 12.0. The van der Waals surface area contributed by atoms with Crippen molar-refractivity contribution in [3.05, 3.63) is 115 Å². The molecule has 0 bridgehead atoms. The van der Waals surface area contributed by atoms with E-state index in [-0.39, 0.29) is 0 Å². The number of ether oxygens (including phenoxy) is 1. The largest absolute Gasteiger partial charge is 0.456 e. The molecule has 0 amide bonds. The van der Waals surface area contributed by atoms with E-state index in [9.17, 15) is 0 Å². The van der Waals surface area contributed by atoms with Crippen LogP contribution in [-0.4, -0.2) is 4.40 Å². The first-order valence-corrected chi connectivity index (χ1v) is 12.0. The highest BCUT2D eigenvalue weighted by Crippen LogP contribution is 2.57. The van der Waals surface area contributed by atoms with E-state index < -0.39 is 5.66 Å². The molecule has 35 heavy (non-hydrogen) atoms. The van der Waals surface area contributed by atoms with E-state index in [2.05, 4.69) is 117 Å². The monoisotopic (exact) mass is 447 g/mol. The van der Waals surface area contributed by atoms with E-state index in [0.717, 1.165) is 11.5 Å². The lowest BCUT2D eigenvalue weighted by atomic mass is 9.85. The number of hydrogen-bond acceptors (Lipinski definition) is 1. The van der Waals surface area contributed by atoms with Gasteiger partial charge in [0.2, 0.25) is 5.69 Å². The summed E-state index contributed by atoms with van der Waals surface area (Å²) in [5, 5.41) is 6.35. The third-order valence-corrected chi connectivity index (χ3v) is 8.42. The van der Waals surface area contributed by atoms with Crippen molar-refractivity contribution in [2.45, 2.75) is 5.66 Å². The quantitative estimate of drug-likeness (QED) is 0.217. The molecule has 4 nitrogen and oxygen atoms in total. The van der Waals surface area contributed by atoms with Crippen molar-refractivity contribution in [3.8, 4) is 22.8 Å². The number of imidazole rings is 1. The van der Waals surface area contributed by atoms with Crippen molar-refractivity contribution < 1.29 is 13.9 Å². The second-order valence-electron chi connectivity index (χ2n) is 9.81. The van der Waals surface area contributed by atoms with Crippen molar-refractivity contribution in [2.75, 3.05) is 0 Å². The molecule has 0 fully saturated rings. The van der Waals surface area contributed by atoms with Crippen molar-refractivity contribution in [3.63, 3.8) is 0 Å². The lowest BCUT2D eigenvalue weighted by Crippen LogP contribution is -2.71. The Morgan fingerprint density at radius 1 is 0.657 bits per heavy atom. The molecule has 6 heterocycles. The SMILES string of the molecule is c1cc2c3c(c1)-c1cccc[n+]1C31c3c(ccc4c5ccc6ccccc6c5n5cc[n+]1c5c34)O2. The molecule has 7 aromatic rings. The molecule has 1 atom stereocenters. The molecule has 0 N–H and O–H groups in total. The molecule has 0 aliphatic carbocycles. The number of pyridine rings is 2. The van der Waals surface area contributed by atoms with Gasteiger partial charge in [-0.2, -0.15) is 8.97 Å². The van der Waals surface area contributed by atoms with Gasteiger partial charge in [-0.05, 0) is 41.8 Å². The van der Waals surface area contributed by atoms with Gasteiger partial charge in [-0.15, -0.1) is 4.57 Å². The minimum Gasteiger partial charge on any atom is -0.456 e. The van der Waals surface area contributed by atoms with Crippen molar-refractivity contribution in [2.24, 2.45) is 0 Å². The molecule has 1 unspecified atom stereocenters. The van der Waals surface area contributed by atoms with Crippen LogP contribution in [-0.2, 0) is 5.66 Å². The summed E-state index contributed by atoms with van der Waals surface area (Å²) in [7, 11) is 0. The Labute approximate surface area is 199 Å². The molecule has 3 aromatic heterocycles. The Morgan fingerprint density at radius 3 is 2.54 bits per heavy atom. The molecule has 0 radical (unpaired) electrons. The standard InChI is InChI=1S/C31H17N3O/c1-2-7-19-18(6-1)11-12-21-20-13-14-25-28-26(20)30-32(29(19)21)16-17-34(30)31(28)27-22(8-5-10-24(27)35-25)23-9-3-4-15-33(23)31/h1-17H/q+2. The summed E-state index contributed by atoms with van der Waals surface area (Å²) in [5.74, 6) is 1.88. The summed E-state index contributed by atoms with van der Waals surface area (Å²) >= 11 is 0. The summed E-state index contributed by atoms with van der Waals surface area (Å²) in [4.78, 5) is 0. The maximum atomic E-state index is 6.63. The van der Waals surface area contributed by atoms with Crippen molar-refractivity contribution >= 4 is 38.1 Å². The number of aromatic nitrogens is 3. The van der Waals surface area contributed by atoms with Crippen LogP contribution >= 0.6 is 0 Å². The fourth-order valence-corrected chi connectivity index (χ4v) is 7.25. The first-order chi connectivity index (χ1) is 17.4. The van der Waals surface area contributed by atoms with Crippen molar-refractivity contribution in [1.82, 2.24) is 4.40 Å². The molecule has 4 aromatic carbocycles.